The topological polar surface area (TPSA) is 48.9 Å². The van der Waals surface area contributed by atoms with Crippen LogP contribution >= 0.6 is 11.8 Å². The lowest BCUT2D eigenvalue weighted by Crippen LogP contribution is -2.56. The number of rotatable bonds is 7. The van der Waals surface area contributed by atoms with Gasteiger partial charge in [-0.05, 0) is 57.9 Å². The molecule has 2 aliphatic heterocycles. The van der Waals surface area contributed by atoms with Gasteiger partial charge in [-0.15, -0.1) is 11.8 Å². The Hall–Kier alpha value is -1.50. The van der Waals surface area contributed by atoms with E-state index in [0.717, 1.165) is 56.3 Å². The molecule has 2 atom stereocenters. The third kappa shape index (κ3) is 4.19. The van der Waals surface area contributed by atoms with Crippen molar-refractivity contribution in [3.05, 3.63) is 30.5 Å². The molecule has 0 amide bonds. The van der Waals surface area contributed by atoms with E-state index in [1.165, 1.54) is 10.5 Å². The molecule has 25 heavy (non-hydrogen) atoms. The lowest BCUT2D eigenvalue weighted by Gasteiger charge is -2.38. The third-order valence-electron chi connectivity index (χ3n) is 4.96. The fraction of sp³-hybridized carbons (Fsp3) is 0.526. The smallest absolute Gasteiger partial charge is 0.124 e. The number of benzene rings is 1. The van der Waals surface area contributed by atoms with Gasteiger partial charge < -0.3 is 15.4 Å². The van der Waals surface area contributed by atoms with E-state index < -0.39 is 0 Å². The van der Waals surface area contributed by atoms with Crippen molar-refractivity contribution < 1.29 is 4.74 Å². The van der Waals surface area contributed by atoms with Gasteiger partial charge in [0.15, 0.2) is 0 Å². The number of likely N-dealkylation sites (N-methyl/N-ethyl adjacent to an activating group) is 1. The van der Waals surface area contributed by atoms with E-state index in [0.29, 0.717) is 12.1 Å². The number of piperidine rings is 1. The van der Waals surface area contributed by atoms with E-state index in [1.54, 1.807) is 0 Å². The van der Waals surface area contributed by atoms with Gasteiger partial charge in [0.25, 0.3) is 0 Å². The summed E-state index contributed by atoms with van der Waals surface area (Å²) in [5, 5.41) is 6.90. The molecule has 0 aliphatic carbocycles. The van der Waals surface area contributed by atoms with E-state index >= 15 is 0 Å². The number of hydrogen-bond acceptors (Lipinski definition) is 6. The summed E-state index contributed by atoms with van der Waals surface area (Å²) < 4.78 is 5.75. The second kappa shape index (κ2) is 8.74. The van der Waals surface area contributed by atoms with E-state index in [2.05, 4.69) is 53.0 Å². The van der Waals surface area contributed by atoms with E-state index in [1.807, 2.05) is 18.0 Å². The van der Waals surface area contributed by atoms with Crippen molar-refractivity contribution in [1.82, 2.24) is 15.5 Å². The number of nitrogens with one attached hydrogen (secondary N) is 2. The summed E-state index contributed by atoms with van der Waals surface area (Å²) in [5.41, 5.74) is 2.21. The van der Waals surface area contributed by atoms with Gasteiger partial charge in [0, 0.05) is 35.0 Å². The van der Waals surface area contributed by atoms with Crippen LogP contribution in [0.25, 0.3) is 0 Å². The Bertz CT molecular complexity index is 622. The molecule has 1 saturated heterocycles. The van der Waals surface area contributed by atoms with Crippen molar-refractivity contribution in [1.29, 1.82) is 0 Å². The average molecular weight is 361 g/mol. The summed E-state index contributed by atoms with van der Waals surface area (Å²) >= 11 is 1.82. The number of hydrogen-bond donors (Lipinski definition) is 2. The van der Waals surface area contributed by atoms with Crippen LogP contribution < -0.4 is 15.4 Å². The van der Waals surface area contributed by atoms with Crippen LogP contribution in [0.3, 0.4) is 0 Å². The maximum absolute atomic E-state index is 5.75. The Morgan fingerprint density at radius 2 is 2.40 bits per heavy atom. The molecule has 1 fully saturated rings. The second-order valence-corrected chi connectivity index (χ2v) is 7.55. The molecule has 2 heterocycles. The first kappa shape index (κ1) is 18.3. The molecule has 3 rings (SSSR count). The fourth-order valence-corrected chi connectivity index (χ4v) is 4.64. The van der Waals surface area contributed by atoms with Gasteiger partial charge in [-0.3, -0.25) is 9.89 Å². The molecule has 6 heteroatoms. The first-order valence-corrected chi connectivity index (χ1v) is 9.89. The number of thioether (sulfide) groups is 1. The van der Waals surface area contributed by atoms with Crippen molar-refractivity contribution in [3.63, 3.8) is 0 Å². The van der Waals surface area contributed by atoms with Gasteiger partial charge in [0.1, 0.15) is 5.75 Å². The summed E-state index contributed by atoms with van der Waals surface area (Å²) in [6.07, 6.45) is 4.99. The molecule has 136 valence electrons. The van der Waals surface area contributed by atoms with Crippen LogP contribution in [0.15, 0.2) is 34.8 Å². The molecule has 0 saturated carbocycles. The highest BCUT2D eigenvalue weighted by atomic mass is 32.2. The quantitative estimate of drug-likeness (QED) is 0.445. The minimum absolute atomic E-state index is 0.443. The zero-order chi connectivity index (χ0) is 17.6. The lowest BCUT2D eigenvalue weighted by atomic mass is 10.0. The Kier molecular flexibility index (Phi) is 6.39. The lowest BCUT2D eigenvalue weighted by molar-refractivity contribution is 0.192. The highest BCUT2D eigenvalue weighted by Gasteiger charge is 2.27. The van der Waals surface area contributed by atoms with Crippen molar-refractivity contribution >= 4 is 24.2 Å². The van der Waals surface area contributed by atoms with Gasteiger partial charge in [-0.1, -0.05) is 6.58 Å². The minimum atomic E-state index is 0.443. The predicted octanol–water partition coefficient (Wildman–Crippen LogP) is 2.79. The Balaban J connectivity index is 1.68. The van der Waals surface area contributed by atoms with Crippen LogP contribution in [-0.2, 0) is 6.42 Å². The van der Waals surface area contributed by atoms with Gasteiger partial charge in [-0.25, -0.2) is 0 Å². The Morgan fingerprint density at radius 3 is 3.20 bits per heavy atom. The molecule has 0 bridgehead atoms. The molecule has 0 spiro atoms. The van der Waals surface area contributed by atoms with Crippen molar-refractivity contribution in [2.24, 2.45) is 4.99 Å². The molecule has 5 nitrogen and oxygen atoms in total. The molecule has 1 aromatic rings. The monoisotopic (exact) mass is 360 g/mol. The second-order valence-electron chi connectivity index (χ2n) is 6.57. The van der Waals surface area contributed by atoms with Gasteiger partial charge in [-0.2, -0.15) is 0 Å². The fourth-order valence-electron chi connectivity index (χ4n) is 3.61. The van der Waals surface area contributed by atoms with E-state index in [9.17, 15) is 0 Å². The largest absolute Gasteiger partial charge is 0.493 e. The van der Waals surface area contributed by atoms with Crippen LogP contribution in [0.5, 0.6) is 5.75 Å². The summed E-state index contributed by atoms with van der Waals surface area (Å²) in [6, 6.07) is 5.08. The highest BCUT2D eigenvalue weighted by molar-refractivity contribution is 7.99. The van der Waals surface area contributed by atoms with Crippen LogP contribution in [0, 0.1) is 0 Å². The van der Waals surface area contributed by atoms with Crippen LogP contribution in [-0.4, -0.2) is 56.3 Å². The summed E-state index contributed by atoms with van der Waals surface area (Å²) in [6.45, 7) is 10.5. The Labute approximate surface area is 154 Å². The summed E-state index contributed by atoms with van der Waals surface area (Å²) in [7, 11) is 2.19. The molecule has 2 N–H and O–H groups in total. The maximum atomic E-state index is 5.75. The molecule has 0 radical (unpaired) electrons. The summed E-state index contributed by atoms with van der Waals surface area (Å²) in [4.78, 5) is 7.90. The van der Waals surface area contributed by atoms with Gasteiger partial charge >= 0.3 is 0 Å². The standard InChI is InChI=1S/C19H28N4OS/c1-4-22-15-9-10-21-12-16(15)23(3)13-25-18-8-7-17-14(19(18)20-2)6-5-11-24-17/h4,7-8,15-16,21-22H,1-2,5-6,9-13H2,3H3. The predicted molar refractivity (Wildman–Crippen MR) is 106 cm³/mol. The zero-order valence-electron chi connectivity index (χ0n) is 15.0. The van der Waals surface area contributed by atoms with Crippen LogP contribution in [0.2, 0.25) is 0 Å². The maximum Gasteiger partial charge on any atom is 0.124 e. The van der Waals surface area contributed by atoms with Crippen molar-refractivity contribution in [3.8, 4) is 5.75 Å². The van der Waals surface area contributed by atoms with Crippen LogP contribution in [0.1, 0.15) is 18.4 Å². The van der Waals surface area contributed by atoms with E-state index in [4.69, 9.17) is 4.74 Å². The minimum Gasteiger partial charge on any atom is -0.493 e. The summed E-state index contributed by atoms with van der Waals surface area (Å²) in [5.74, 6) is 1.88. The number of fused-ring (bicyclic) bond motifs is 1. The molecule has 1 aromatic carbocycles. The molecular weight excluding hydrogens is 332 g/mol. The van der Waals surface area contributed by atoms with E-state index in [-0.39, 0.29) is 0 Å². The van der Waals surface area contributed by atoms with Crippen molar-refractivity contribution in [2.45, 2.75) is 36.2 Å². The van der Waals surface area contributed by atoms with Crippen LogP contribution in [0.4, 0.5) is 5.69 Å². The molecular formula is C19H28N4OS. The third-order valence-corrected chi connectivity index (χ3v) is 6.14. The molecule has 2 aliphatic rings. The Morgan fingerprint density at radius 1 is 1.52 bits per heavy atom. The number of aliphatic imine (C=N–C) groups is 1. The highest BCUT2D eigenvalue weighted by Crippen LogP contribution is 2.40. The normalized spacial score (nSPS) is 22.8. The van der Waals surface area contributed by atoms with Gasteiger partial charge in [0.2, 0.25) is 0 Å². The zero-order valence-corrected chi connectivity index (χ0v) is 15.8. The molecule has 0 aromatic heterocycles. The van der Waals surface area contributed by atoms with Gasteiger partial charge in [0.05, 0.1) is 12.3 Å². The average Bonchev–Trinajstić information content (AvgIpc) is 2.66. The number of nitrogens with zero attached hydrogens (tertiary/aromatic N) is 2. The first-order chi connectivity index (χ1) is 12.2. The first-order valence-electron chi connectivity index (χ1n) is 8.90. The molecule has 2 unspecified atom stereocenters. The number of ether oxygens (including phenoxy) is 1. The van der Waals surface area contributed by atoms with Crippen molar-refractivity contribution in [2.75, 3.05) is 32.6 Å². The SMILES string of the molecule is C=CNC1CCNCC1N(C)CSc1ccc2c(c1N=C)CCCO2.